The Kier molecular flexibility index (Phi) is 3.85. The summed E-state index contributed by atoms with van der Waals surface area (Å²) in [7, 11) is 0. The Hall–Kier alpha value is -3.67. The predicted octanol–water partition coefficient (Wildman–Crippen LogP) is 4.15. The molecule has 0 radical (unpaired) electrons. The first kappa shape index (κ1) is 15.8. The minimum atomic E-state index is -0.953. The molecule has 2 aromatic heterocycles. The van der Waals surface area contributed by atoms with Crippen molar-refractivity contribution in [3.05, 3.63) is 78.0 Å². The van der Waals surface area contributed by atoms with Crippen LogP contribution >= 0.6 is 0 Å². The van der Waals surface area contributed by atoms with Gasteiger partial charge in [0.2, 0.25) is 5.95 Å². The zero-order chi connectivity index (χ0) is 18.1. The van der Waals surface area contributed by atoms with Crippen LogP contribution in [0.5, 0.6) is 0 Å². The average molecular weight is 344 g/mol. The lowest BCUT2D eigenvalue weighted by Crippen LogP contribution is -1.97. The number of carbonyl (C=O) groups is 1. The van der Waals surface area contributed by atoms with E-state index >= 15 is 0 Å². The second-order valence-electron chi connectivity index (χ2n) is 5.95. The number of rotatable bonds is 4. The second kappa shape index (κ2) is 6.33. The molecular formula is C20H16N4O2. The standard InChI is InChI=1S/C20H16N4O2/c1-13-5-2-3-6-16(13)17-7-4-12-24-18(17)22-20(23-24)21-15-10-8-14(9-11-15)19(25)26/h2-12H,1H3,(H,21,23)(H,25,26). The van der Waals surface area contributed by atoms with Gasteiger partial charge in [-0.1, -0.05) is 24.3 Å². The molecule has 0 saturated heterocycles. The highest BCUT2D eigenvalue weighted by Gasteiger charge is 2.11. The zero-order valence-corrected chi connectivity index (χ0v) is 14.0. The first-order chi connectivity index (χ1) is 12.6. The van der Waals surface area contributed by atoms with Gasteiger partial charge in [-0.05, 0) is 54.4 Å². The monoisotopic (exact) mass is 344 g/mol. The van der Waals surface area contributed by atoms with Gasteiger partial charge in [0, 0.05) is 17.4 Å². The molecule has 2 heterocycles. The van der Waals surface area contributed by atoms with Crippen LogP contribution in [0.3, 0.4) is 0 Å². The Bertz CT molecular complexity index is 1100. The van der Waals surface area contributed by atoms with Crippen LogP contribution in [0.4, 0.5) is 11.6 Å². The van der Waals surface area contributed by atoms with E-state index in [4.69, 9.17) is 5.11 Å². The van der Waals surface area contributed by atoms with Crippen LogP contribution in [-0.2, 0) is 0 Å². The number of hydrogen-bond donors (Lipinski definition) is 2. The number of nitrogens with one attached hydrogen (secondary N) is 1. The van der Waals surface area contributed by atoms with Crippen LogP contribution in [0.25, 0.3) is 16.8 Å². The van der Waals surface area contributed by atoms with Gasteiger partial charge in [-0.25, -0.2) is 9.31 Å². The number of carboxylic acids is 1. The minimum absolute atomic E-state index is 0.236. The van der Waals surface area contributed by atoms with Crippen molar-refractivity contribution in [1.82, 2.24) is 14.6 Å². The first-order valence-corrected chi connectivity index (χ1v) is 8.13. The Morgan fingerprint density at radius 3 is 2.46 bits per heavy atom. The Morgan fingerprint density at radius 2 is 1.73 bits per heavy atom. The Labute approximate surface area is 149 Å². The van der Waals surface area contributed by atoms with Crippen LogP contribution in [0.1, 0.15) is 15.9 Å². The summed E-state index contributed by atoms with van der Waals surface area (Å²) in [5.41, 5.74) is 5.01. The van der Waals surface area contributed by atoms with Crippen molar-refractivity contribution in [2.24, 2.45) is 0 Å². The number of pyridine rings is 1. The molecule has 0 aliphatic rings. The summed E-state index contributed by atoms with van der Waals surface area (Å²) in [6.45, 7) is 2.07. The SMILES string of the molecule is Cc1ccccc1-c1cccn2nc(Nc3ccc(C(=O)O)cc3)nc12. The topological polar surface area (TPSA) is 79.5 Å². The average Bonchev–Trinajstić information content (AvgIpc) is 3.05. The molecule has 0 bridgehead atoms. The molecule has 6 nitrogen and oxygen atoms in total. The minimum Gasteiger partial charge on any atom is -0.478 e. The smallest absolute Gasteiger partial charge is 0.335 e. The third-order valence-electron chi connectivity index (χ3n) is 4.19. The summed E-state index contributed by atoms with van der Waals surface area (Å²) in [6.07, 6.45) is 1.85. The number of carboxylic acid groups (broad SMARTS) is 1. The lowest BCUT2D eigenvalue weighted by Gasteiger charge is -2.06. The number of anilines is 2. The van der Waals surface area contributed by atoms with E-state index in [1.54, 1.807) is 28.8 Å². The molecule has 0 unspecified atom stereocenters. The number of aromatic carboxylic acids is 1. The third kappa shape index (κ3) is 2.88. The molecule has 4 rings (SSSR count). The number of hydrogen-bond acceptors (Lipinski definition) is 4. The van der Waals surface area contributed by atoms with E-state index in [0.717, 1.165) is 22.5 Å². The van der Waals surface area contributed by atoms with E-state index < -0.39 is 5.97 Å². The molecule has 0 fully saturated rings. The fraction of sp³-hybridized carbons (Fsp3) is 0.0500. The highest BCUT2D eigenvalue weighted by Crippen LogP contribution is 2.27. The molecule has 26 heavy (non-hydrogen) atoms. The second-order valence-corrected chi connectivity index (χ2v) is 5.95. The van der Waals surface area contributed by atoms with Gasteiger partial charge in [0.05, 0.1) is 5.56 Å². The van der Waals surface area contributed by atoms with Crippen molar-refractivity contribution in [3.63, 3.8) is 0 Å². The molecule has 0 amide bonds. The van der Waals surface area contributed by atoms with E-state index in [1.165, 1.54) is 5.56 Å². The molecule has 2 N–H and O–H groups in total. The molecule has 4 aromatic rings. The Morgan fingerprint density at radius 1 is 1.00 bits per heavy atom. The summed E-state index contributed by atoms with van der Waals surface area (Å²) in [6, 6.07) is 18.6. The maximum Gasteiger partial charge on any atom is 0.335 e. The lowest BCUT2D eigenvalue weighted by molar-refractivity contribution is 0.0697. The van der Waals surface area contributed by atoms with E-state index in [1.807, 2.05) is 30.5 Å². The zero-order valence-electron chi connectivity index (χ0n) is 14.0. The van der Waals surface area contributed by atoms with Gasteiger partial charge in [-0.3, -0.25) is 0 Å². The van der Waals surface area contributed by atoms with Crippen LogP contribution < -0.4 is 5.32 Å². The first-order valence-electron chi connectivity index (χ1n) is 8.13. The van der Waals surface area contributed by atoms with Gasteiger partial charge < -0.3 is 10.4 Å². The lowest BCUT2D eigenvalue weighted by atomic mass is 10.0. The van der Waals surface area contributed by atoms with E-state index in [2.05, 4.69) is 34.5 Å². The van der Waals surface area contributed by atoms with E-state index in [9.17, 15) is 4.79 Å². The van der Waals surface area contributed by atoms with Crippen molar-refractivity contribution in [3.8, 4) is 11.1 Å². The fourth-order valence-corrected chi connectivity index (χ4v) is 2.87. The van der Waals surface area contributed by atoms with Crippen molar-refractivity contribution >= 4 is 23.3 Å². The highest BCUT2D eigenvalue weighted by molar-refractivity contribution is 5.88. The van der Waals surface area contributed by atoms with Gasteiger partial charge in [-0.15, -0.1) is 5.10 Å². The summed E-state index contributed by atoms with van der Waals surface area (Å²) in [5, 5.41) is 16.5. The number of aryl methyl sites for hydroxylation is 1. The third-order valence-corrected chi connectivity index (χ3v) is 4.19. The molecule has 128 valence electrons. The largest absolute Gasteiger partial charge is 0.478 e. The molecule has 0 aliphatic carbocycles. The van der Waals surface area contributed by atoms with Gasteiger partial charge in [-0.2, -0.15) is 4.98 Å². The summed E-state index contributed by atoms with van der Waals surface area (Å²) in [4.78, 5) is 15.5. The molecule has 2 aromatic carbocycles. The molecular weight excluding hydrogens is 328 g/mol. The van der Waals surface area contributed by atoms with Crippen molar-refractivity contribution < 1.29 is 9.90 Å². The normalized spacial score (nSPS) is 10.8. The van der Waals surface area contributed by atoms with Gasteiger partial charge in [0.1, 0.15) is 0 Å². The van der Waals surface area contributed by atoms with E-state index in [0.29, 0.717) is 5.95 Å². The fourth-order valence-electron chi connectivity index (χ4n) is 2.87. The van der Waals surface area contributed by atoms with Crippen LogP contribution in [-0.4, -0.2) is 25.7 Å². The van der Waals surface area contributed by atoms with Crippen LogP contribution in [0.15, 0.2) is 66.9 Å². The highest BCUT2D eigenvalue weighted by atomic mass is 16.4. The maximum atomic E-state index is 10.9. The molecule has 6 heteroatoms. The maximum absolute atomic E-state index is 10.9. The molecule has 0 saturated carbocycles. The van der Waals surface area contributed by atoms with Crippen molar-refractivity contribution in [1.29, 1.82) is 0 Å². The predicted molar refractivity (Wildman–Crippen MR) is 99.8 cm³/mol. The number of benzene rings is 2. The quantitative estimate of drug-likeness (QED) is 0.581. The van der Waals surface area contributed by atoms with Crippen LogP contribution in [0, 0.1) is 6.92 Å². The van der Waals surface area contributed by atoms with Gasteiger partial charge in [0.25, 0.3) is 0 Å². The summed E-state index contributed by atoms with van der Waals surface area (Å²) >= 11 is 0. The molecule has 0 spiro atoms. The van der Waals surface area contributed by atoms with Gasteiger partial charge in [0.15, 0.2) is 5.65 Å². The number of fused-ring (bicyclic) bond motifs is 1. The summed E-state index contributed by atoms with van der Waals surface area (Å²) < 4.78 is 1.73. The van der Waals surface area contributed by atoms with Crippen molar-refractivity contribution in [2.45, 2.75) is 6.92 Å². The Balaban J connectivity index is 1.71. The molecule has 0 aliphatic heterocycles. The number of aromatic nitrogens is 3. The number of nitrogens with zero attached hydrogens (tertiary/aromatic N) is 3. The molecule has 0 atom stereocenters. The van der Waals surface area contributed by atoms with Crippen LogP contribution in [0.2, 0.25) is 0 Å². The summed E-state index contributed by atoms with van der Waals surface area (Å²) in [5.74, 6) is -0.501. The van der Waals surface area contributed by atoms with E-state index in [-0.39, 0.29) is 5.56 Å². The van der Waals surface area contributed by atoms with Gasteiger partial charge >= 0.3 is 5.97 Å². The van der Waals surface area contributed by atoms with Crippen molar-refractivity contribution in [2.75, 3.05) is 5.32 Å².